The van der Waals surface area contributed by atoms with Gasteiger partial charge in [-0.15, -0.1) is 0 Å². The van der Waals surface area contributed by atoms with Crippen molar-refractivity contribution in [3.63, 3.8) is 0 Å². The van der Waals surface area contributed by atoms with E-state index in [-0.39, 0.29) is 24.0 Å². The molecule has 0 unspecified atom stereocenters. The van der Waals surface area contributed by atoms with Crippen LogP contribution in [0.2, 0.25) is 0 Å². The topological polar surface area (TPSA) is 118 Å². The Morgan fingerprint density at radius 3 is 1.63 bits per heavy atom. The lowest BCUT2D eigenvalue weighted by atomic mass is 10.2. The van der Waals surface area contributed by atoms with E-state index in [1.165, 1.54) is 48.5 Å². The highest BCUT2D eigenvalue weighted by atomic mass is 32.1. The van der Waals surface area contributed by atoms with Crippen molar-refractivity contribution in [2.24, 2.45) is 9.98 Å². The Balaban J connectivity index is 1.81. The second-order valence-electron chi connectivity index (χ2n) is 5.57. The van der Waals surface area contributed by atoms with E-state index in [0.717, 1.165) is 0 Å². The molecule has 2 rings (SSSR count). The lowest BCUT2D eigenvalue weighted by molar-refractivity contribution is -0.137. The molecule has 0 radical (unpaired) electrons. The second kappa shape index (κ2) is 11.4. The Morgan fingerprint density at radius 2 is 1.20 bits per heavy atom. The number of hydrogen-bond acceptors (Lipinski definition) is 10. The summed E-state index contributed by atoms with van der Waals surface area (Å²) in [5.74, 6) is -2.90. The molecule has 0 aromatic heterocycles. The van der Waals surface area contributed by atoms with Gasteiger partial charge in [0.25, 0.3) is 0 Å². The predicted octanol–water partition coefficient (Wildman–Crippen LogP) is 4.45. The zero-order valence-corrected chi connectivity index (χ0v) is 16.9. The minimum atomic E-state index is -0.857. The molecule has 2 aromatic carbocycles. The Hall–Kier alpha value is -3.68. The number of benzene rings is 2. The van der Waals surface area contributed by atoms with Gasteiger partial charge < -0.3 is 9.47 Å². The lowest BCUT2D eigenvalue weighted by Crippen LogP contribution is -2.16. The first-order valence-corrected chi connectivity index (χ1v) is 9.15. The quantitative estimate of drug-likeness (QED) is 0.222. The summed E-state index contributed by atoms with van der Waals surface area (Å²) in [6.07, 6.45) is -0.527. The van der Waals surface area contributed by atoms with Crippen molar-refractivity contribution in [1.82, 2.24) is 0 Å². The number of hydrogen-bond donors (Lipinski definition) is 1. The Morgan fingerprint density at radius 1 is 0.767 bits per heavy atom. The predicted molar refractivity (Wildman–Crippen MR) is 115 cm³/mol. The van der Waals surface area contributed by atoms with Gasteiger partial charge in [-0.2, -0.15) is 9.98 Å². The van der Waals surface area contributed by atoms with Gasteiger partial charge in [0, 0.05) is 6.42 Å². The molecule has 8 nitrogen and oxygen atoms in total. The van der Waals surface area contributed by atoms with Crippen molar-refractivity contribution in [2.45, 2.75) is 12.8 Å². The molecule has 0 amide bonds. The summed E-state index contributed by atoms with van der Waals surface area (Å²) >= 11 is 8.97. The Labute approximate surface area is 181 Å². The highest BCUT2D eigenvalue weighted by Gasteiger charge is 2.16. The monoisotopic (exact) mass is 439 g/mol. The van der Waals surface area contributed by atoms with Crippen LogP contribution in [0.15, 0.2) is 58.5 Å². The van der Waals surface area contributed by atoms with E-state index in [9.17, 15) is 14.4 Å². The van der Waals surface area contributed by atoms with E-state index >= 15 is 0 Å². The van der Waals surface area contributed by atoms with Gasteiger partial charge in [-0.05, 0) is 73.0 Å². The fourth-order valence-corrected chi connectivity index (χ4v) is 2.31. The molecule has 0 aliphatic rings. The zero-order chi connectivity index (χ0) is 21.9. The summed E-state index contributed by atoms with van der Waals surface area (Å²) in [5, 5.41) is 12.1. The number of isothiocyanates is 2. The van der Waals surface area contributed by atoms with Crippen LogP contribution in [-0.4, -0.2) is 34.1 Å². The molecule has 0 atom stereocenters. The van der Waals surface area contributed by atoms with Crippen LogP contribution in [0.5, 0.6) is 0 Å². The molecule has 10 heteroatoms. The number of nitrogens with zero attached hydrogens (tertiary/aromatic N) is 2. The average molecular weight is 439 g/mol. The van der Waals surface area contributed by atoms with Crippen molar-refractivity contribution in [1.29, 1.82) is 5.41 Å². The Bertz CT molecular complexity index is 981. The average Bonchev–Trinajstić information content (AvgIpc) is 2.73. The highest BCUT2D eigenvalue weighted by Crippen LogP contribution is 2.15. The maximum Gasteiger partial charge on any atom is 0.345 e. The van der Waals surface area contributed by atoms with E-state index in [4.69, 9.17) is 14.9 Å². The third-order valence-electron chi connectivity index (χ3n) is 3.53. The molecule has 2 aromatic rings. The van der Waals surface area contributed by atoms with E-state index in [1.54, 1.807) is 0 Å². The van der Waals surface area contributed by atoms with Crippen LogP contribution < -0.4 is 0 Å². The summed E-state index contributed by atoms with van der Waals surface area (Å²) in [6.45, 7) is 0. The van der Waals surface area contributed by atoms with Crippen LogP contribution in [0.25, 0.3) is 0 Å². The van der Waals surface area contributed by atoms with Crippen molar-refractivity contribution < 1.29 is 23.9 Å². The first-order valence-electron chi connectivity index (χ1n) is 8.33. The molecule has 0 fully saturated rings. The van der Waals surface area contributed by atoms with Gasteiger partial charge in [0.15, 0.2) is 5.90 Å². The van der Waals surface area contributed by atoms with Gasteiger partial charge in [-0.25, -0.2) is 9.59 Å². The summed E-state index contributed by atoms with van der Waals surface area (Å²) < 4.78 is 9.58. The maximum absolute atomic E-state index is 12.0. The van der Waals surface area contributed by atoms with Gasteiger partial charge in [0.1, 0.15) is 0 Å². The molecule has 0 aliphatic heterocycles. The number of ether oxygens (including phenoxy) is 2. The maximum atomic E-state index is 12.0. The number of aliphatic imine (C=N–C) groups is 2. The summed E-state index contributed by atoms with van der Waals surface area (Å²) in [7, 11) is 0. The molecule has 1 N–H and O–H groups in total. The second-order valence-corrected chi connectivity index (χ2v) is 5.94. The number of thiocarbonyl (C=S) groups is 2. The standard InChI is InChI=1S/C20H13N3O5S2/c21-17(27-19(25)13-1-5-15(6-2-13)22-11-29)9-10-18(24)28-20(26)14-3-7-16(8-4-14)23-12-30/h1-8,21H,9-10H2. The first kappa shape index (κ1) is 22.6. The van der Waals surface area contributed by atoms with Crippen LogP contribution in [-0.2, 0) is 14.3 Å². The van der Waals surface area contributed by atoms with Crippen LogP contribution in [0.1, 0.15) is 33.6 Å². The molecule has 0 heterocycles. The van der Waals surface area contributed by atoms with Crippen LogP contribution >= 0.6 is 24.4 Å². The van der Waals surface area contributed by atoms with E-state index < -0.39 is 23.8 Å². The van der Waals surface area contributed by atoms with Crippen LogP contribution in [0, 0.1) is 5.41 Å². The SMILES string of the molecule is N=C(CCC(=O)OC(=O)c1ccc(N=C=S)cc1)OC(=O)c1ccc(N=C=S)cc1. The largest absolute Gasteiger partial charge is 0.409 e. The van der Waals surface area contributed by atoms with Crippen molar-refractivity contribution >= 4 is 69.9 Å². The number of carbonyl (C=O) groups excluding carboxylic acids is 3. The van der Waals surface area contributed by atoms with E-state index in [2.05, 4.69) is 44.7 Å². The van der Waals surface area contributed by atoms with Crippen molar-refractivity contribution in [3.05, 3.63) is 59.7 Å². The van der Waals surface area contributed by atoms with Crippen LogP contribution in [0.3, 0.4) is 0 Å². The fraction of sp³-hybridized carbons (Fsp3) is 0.100. The molecule has 0 spiro atoms. The fourth-order valence-electron chi connectivity index (χ4n) is 2.10. The van der Waals surface area contributed by atoms with Crippen molar-refractivity contribution in [3.8, 4) is 0 Å². The molecule has 0 saturated heterocycles. The molecule has 30 heavy (non-hydrogen) atoms. The van der Waals surface area contributed by atoms with Gasteiger partial charge in [0.2, 0.25) is 0 Å². The molecular weight excluding hydrogens is 426 g/mol. The van der Waals surface area contributed by atoms with Gasteiger partial charge >= 0.3 is 17.9 Å². The molecule has 0 aliphatic carbocycles. The highest BCUT2D eigenvalue weighted by molar-refractivity contribution is 7.78. The molecular formula is C20H13N3O5S2. The molecule has 0 bridgehead atoms. The number of esters is 3. The molecule has 150 valence electrons. The van der Waals surface area contributed by atoms with Gasteiger partial charge in [0.05, 0.1) is 39.2 Å². The number of carbonyl (C=O) groups is 3. The van der Waals surface area contributed by atoms with Gasteiger partial charge in [-0.3, -0.25) is 10.2 Å². The minimum absolute atomic E-state index is 0.148. The smallest absolute Gasteiger partial charge is 0.345 e. The van der Waals surface area contributed by atoms with Gasteiger partial charge in [-0.1, -0.05) is 0 Å². The normalized spacial score (nSPS) is 9.47. The summed E-state index contributed by atoms with van der Waals surface area (Å²) in [4.78, 5) is 43.2. The van der Waals surface area contributed by atoms with Crippen LogP contribution in [0.4, 0.5) is 11.4 Å². The summed E-state index contributed by atoms with van der Waals surface area (Å²) in [6, 6.07) is 11.9. The zero-order valence-electron chi connectivity index (χ0n) is 15.3. The first-order chi connectivity index (χ1) is 14.4. The Kier molecular flexibility index (Phi) is 8.56. The van der Waals surface area contributed by atoms with E-state index in [0.29, 0.717) is 11.4 Å². The molecule has 0 saturated carbocycles. The lowest BCUT2D eigenvalue weighted by Gasteiger charge is -2.06. The number of rotatable bonds is 7. The third kappa shape index (κ3) is 7.05. The van der Waals surface area contributed by atoms with Crippen molar-refractivity contribution in [2.75, 3.05) is 0 Å². The number of nitrogens with one attached hydrogen (secondary N) is 1. The minimum Gasteiger partial charge on any atom is -0.409 e. The summed E-state index contributed by atoms with van der Waals surface area (Å²) in [5.41, 5.74) is 1.37. The van der Waals surface area contributed by atoms with E-state index in [1.807, 2.05) is 0 Å². The third-order valence-corrected chi connectivity index (χ3v) is 3.72.